The van der Waals surface area contributed by atoms with Crippen molar-refractivity contribution in [3.8, 4) is 0 Å². The van der Waals surface area contributed by atoms with Crippen molar-refractivity contribution in [1.82, 2.24) is 4.98 Å². The second-order valence-electron chi connectivity index (χ2n) is 2.10. The van der Waals surface area contributed by atoms with Gasteiger partial charge < -0.3 is 4.74 Å². The Labute approximate surface area is 69.0 Å². The zero-order chi connectivity index (χ0) is 8.27. The van der Waals surface area contributed by atoms with Crippen LogP contribution in [0, 0.1) is 0 Å². The van der Waals surface area contributed by atoms with Crippen LogP contribution in [-0.2, 0) is 4.74 Å². The number of hydrogen-bond donors (Lipinski definition) is 0. The molecule has 0 N–H and O–H groups in total. The molecule has 1 rings (SSSR count). The predicted octanol–water partition coefficient (Wildman–Crippen LogP) is 1.66. The molecular formula is C7H9NO2S. The van der Waals surface area contributed by atoms with Crippen LogP contribution in [0.3, 0.4) is 0 Å². The summed E-state index contributed by atoms with van der Waals surface area (Å²) in [6.45, 7) is 1.90. The summed E-state index contributed by atoms with van der Waals surface area (Å²) in [5, 5.41) is 0.842. The highest BCUT2D eigenvalue weighted by Crippen LogP contribution is 2.20. The molecule has 0 radical (unpaired) electrons. The van der Waals surface area contributed by atoms with E-state index in [4.69, 9.17) is 4.74 Å². The van der Waals surface area contributed by atoms with E-state index in [1.165, 1.54) is 11.3 Å². The van der Waals surface area contributed by atoms with Gasteiger partial charge in [0.15, 0.2) is 6.29 Å². The highest BCUT2D eigenvalue weighted by atomic mass is 32.1. The van der Waals surface area contributed by atoms with Crippen molar-refractivity contribution in [1.29, 1.82) is 0 Å². The van der Waals surface area contributed by atoms with Gasteiger partial charge in [0, 0.05) is 13.3 Å². The van der Waals surface area contributed by atoms with E-state index >= 15 is 0 Å². The number of hydrogen-bond acceptors (Lipinski definition) is 4. The lowest BCUT2D eigenvalue weighted by Gasteiger charge is -2.02. The Kier molecular flexibility index (Phi) is 2.73. The Morgan fingerprint density at radius 2 is 2.55 bits per heavy atom. The van der Waals surface area contributed by atoms with Gasteiger partial charge in [0.05, 0.1) is 4.88 Å². The lowest BCUT2D eigenvalue weighted by atomic mass is 10.4. The first kappa shape index (κ1) is 8.36. The number of aldehydes is 1. The fourth-order valence-electron chi connectivity index (χ4n) is 0.644. The molecule has 0 spiro atoms. The predicted molar refractivity (Wildman–Crippen MR) is 42.9 cm³/mol. The molecule has 4 heteroatoms. The molecule has 1 heterocycles. The normalized spacial score (nSPS) is 12.9. The fraction of sp³-hybridized carbons (Fsp3) is 0.429. The third-order valence-electron chi connectivity index (χ3n) is 1.36. The standard InChI is InChI=1S/C7H9NO2S/c1-5(10-2)7-8-3-6(4-9)11-7/h3-5H,1-2H3. The Bertz CT molecular complexity index is 246. The van der Waals surface area contributed by atoms with Crippen molar-refractivity contribution in [3.63, 3.8) is 0 Å². The topological polar surface area (TPSA) is 39.2 Å². The van der Waals surface area contributed by atoms with Gasteiger partial charge in [-0.3, -0.25) is 4.79 Å². The van der Waals surface area contributed by atoms with Gasteiger partial charge in [-0.2, -0.15) is 0 Å². The summed E-state index contributed by atoms with van der Waals surface area (Å²) >= 11 is 1.36. The first-order chi connectivity index (χ1) is 5.27. The summed E-state index contributed by atoms with van der Waals surface area (Å²) in [4.78, 5) is 14.9. The Hall–Kier alpha value is -0.740. The summed E-state index contributed by atoms with van der Waals surface area (Å²) in [7, 11) is 1.62. The number of carbonyl (C=O) groups is 1. The van der Waals surface area contributed by atoms with Crippen LogP contribution in [0.2, 0.25) is 0 Å². The molecule has 0 aliphatic carbocycles. The number of nitrogens with zero attached hydrogens (tertiary/aromatic N) is 1. The van der Waals surface area contributed by atoms with Crippen molar-refractivity contribution in [2.24, 2.45) is 0 Å². The molecule has 1 atom stereocenters. The maximum atomic E-state index is 10.3. The van der Waals surface area contributed by atoms with E-state index < -0.39 is 0 Å². The van der Waals surface area contributed by atoms with Gasteiger partial charge in [0.25, 0.3) is 0 Å². The number of thiazole rings is 1. The zero-order valence-electron chi connectivity index (χ0n) is 6.40. The van der Waals surface area contributed by atoms with Crippen LogP contribution >= 0.6 is 11.3 Å². The van der Waals surface area contributed by atoms with Gasteiger partial charge in [0.2, 0.25) is 0 Å². The van der Waals surface area contributed by atoms with E-state index in [0.717, 1.165) is 11.3 Å². The molecule has 0 aliphatic heterocycles. The molecule has 0 fully saturated rings. The molecule has 0 bridgehead atoms. The Balaban J connectivity index is 2.79. The number of carbonyl (C=O) groups excluding carboxylic acids is 1. The number of aromatic nitrogens is 1. The molecule has 60 valence electrons. The van der Waals surface area contributed by atoms with Crippen LogP contribution in [-0.4, -0.2) is 18.4 Å². The number of methoxy groups -OCH3 is 1. The van der Waals surface area contributed by atoms with Crippen LogP contribution in [0.5, 0.6) is 0 Å². The van der Waals surface area contributed by atoms with E-state index in [2.05, 4.69) is 4.98 Å². The van der Waals surface area contributed by atoms with Crippen molar-refractivity contribution >= 4 is 17.6 Å². The summed E-state index contributed by atoms with van der Waals surface area (Å²) < 4.78 is 5.03. The molecule has 0 saturated carbocycles. The lowest BCUT2D eigenvalue weighted by Crippen LogP contribution is -1.93. The van der Waals surface area contributed by atoms with E-state index in [-0.39, 0.29) is 6.10 Å². The van der Waals surface area contributed by atoms with Gasteiger partial charge in [-0.1, -0.05) is 0 Å². The quantitative estimate of drug-likeness (QED) is 0.649. The molecule has 0 aromatic carbocycles. The first-order valence-electron chi connectivity index (χ1n) is 3.21. The smallest absolute Gasteiger partial charge is 0.161 e. The third-order valence-corrected chi connectivity index (χ3v) is 2.44. The van der Waals surface area contributed by atoms with Crippen LogP contribution < -0.4 is 0 Å². The second-order valence-corrected chi connectivity index (χ2v) is 3.19. The first-order valence-corrected chi connectivity index (χ1v) is 4.03. The average Bonchev–Trinajstić information content (AvgIpc) is 2.50. The summed E-state index contributed by atoms with van der Waals surface area (Å²) in [5.74, 6) is 0. The van der Waals surface area contributed by atoms with Crippen LogP contribution in [0.4, 0.5) is 0 Å². The largest absolute Gasteiger partial charge is 0.375 e. The third kappa shape index (κ3) is 1.85. The molecule has 11 heavy (non-hydrogen) atoms. The lowest BCUT2D eigenvalue weighted by molar-refractivity contribution is 0.112. The molecule has 1 unspecified atom stereocenters. The molecule has 0 saturated heterocycles. The van der Waals surface area contributed by atoms with Gasteiger partial charge >= 0.3 is 0 Å². The van der Waals surface area contributed by atoms with Gasteiger partial charge in [-0.05, 0) is 6.92 Å². The van der Waals surface area contributed by atoms with Crippen molar-refractivity contribution < 1.29 is 9.53 Å². The van der Waals surface area contributed by atoms with Crippen LogP contribution in [0.25, 0.3) is 0 Å². The van der Waals surface area contributed by atoms with Crippen molar-refractivity contribution in [2.75, 3.05) is 7.11 Å². The number of rotatable bonds is 3. The van der Waals surface area contributed by atoms with Gasteiger partial charge in [-0.15, -0.1) is 11.3 Å². The number of ether oxygens (including phenoxy) is 1. The minimum atomic E-state index is -0.0197. The van der Waals surface area contributed by atoms with Gasteiger partial charge in [-0.25, -0.2) is 4.98 Å². The van der Waals surface area contributed by atoms with Crippen LogP contribution in [0.15, 0.2) is 6.20 Å². The average molecular weight is 171 g/mol. The highest BCUT2D eigenvalue weighted by Gasteiger charge is 2.07. The fourth-order valence-corrected chi connectivity index (χ4v) is 1.41. The van der Waals surface area contributed by atoms with E-state index in [1.54, 1.807) is 13.3 Å². The monoisotopic (exact) mass is 171 g/mol. The Morgan fingerprint density at radius 1 is 1.82 bits per heavy atom. The Morgan fingerprint density at radius 3 is 3.00 bits per heavy atom. The molecule has 3 nitrogen and oxygen atoms in total. The molecular weight excluding hydrogens is 162 g/mol. The SMILES string of the molecule is COC(C)c1ncc(C=O)s1. The van der Waals surface area contributed by atoms with E-state index in [0.29, 0.717) is 4.88 Å². The molecule has 0 aliphatic rings. The highest BCUT2D eigenvalue weighted by molar-refractivity contribution is 7.13. The summed E-state index contributed by atoms with van der Waals surface area (Å²) in [5.41, 5.74) is 0. The van der Waals surface area contributed by atoms with Crippen molar-refractivity contribution in [2.45, 2.75) is 13.0 Å². The molecule has 0 amide bonds. The minimum Gasteiger partial charge on any atom is -0.375 e. The van der Waals surface area contributed by atoms with E-state index in [1.807, 2.05) is 6.92 Å². The zero-order valence-corrected chi connectivity index (χ0v) is 7.22. The second kappa shape index (κ2) is 3.59. The molecule has 1 aromatic heterocycles. The van der Waals surface area contributed by atoms with Crippen LogP contribution in [0.1, 0.15) is 27.7 Å². The molecule has 1 aromatic rings. The van der Waals surface area contributed by atoms with E-state index in [9.17, 15) is 4.79 Å². The van der Waals surface area contributed by atoms with Crippen molar-refractivity contribution in [3.05, 3.63) is 16.1 Å². The maximum absolute atomic E-state index is 10.3. The summed E-state index contributed by atoms with van der Waals surface area (Å²) in [6.07, 6.45) is 2.33. The maximum Gasteiger partial charge on any atom is 0.161 e. The minimum absolute atomic E-state index is 0.0197. The van der Waals surface area contributed by atoms with Gasteiger partial charge in [0.1, 0.15) is 11.1 Å². The summed E-state index contributed by atoms with van der Waals surface area (Å²) in [6, 6.07) is 0.